The maximum Gasteiger partial charge on any atom is 0.0350 e. The molecule has 22 heavy (non-hydrogen) atoms. The van der Waals surface area contributed by atoms with Crippen molar-refractivity contribution in [3.05, 3.63) is 23.3 Å². The van der Waals surface area contributed by atoms with Crippen molar-refractivity contribution in [1.29, 1.82) is 0 Å². The van der Waals surface area contributed by atoms with Crippen LogP contribution in [0.2, 0.25) is 0 Å². The number of hydrogen-bond donors (Lipinski definition) is 2. The van der Waals surface area contributed by atoms with E-state index in [1.807, 2.05) is 12.1 Å². The molecule has 0 radical (unpaired) electrons. The molecule has 0 heterocycles. The largest absolute Gasteiger partial charge is 0.398 e. The molecule has 0 aliphatic carbocycles. The van der Waals surface area contributed by atoms with Gasteiger partial charge >= 0.3 is 0 Å². The molecule has 0 aliphatic heterocycles. The second kappa shape index (κ2) is 11.4. The van der Waals surface area contributed by atoms with Gasteiger partial charge in [0.05, 0.1) is 0 Å². The van der Waals surface area contributed by atoms with Crippen LogP contribution < -0.4 is 11.5 Å². The fourth-order valence-corrected chi connectivity index (χ4v) is 3.13. The van der Waals surface area contributed by atoms with Gasteiger partial charge in [-0.15, -0.1) is 0 Å². The molecule has 4 N–H and O–H groups in total. The van der Waals surface area contributed by atoms with Crippen LogP contribution in [0.15, 0.2) is 12.1 Å². The van der Waals surface area contributed by atoms with Gasteiger partial charge in [0, 0.05) is 11.4 Å². The van der Waals surface area contributed by atoms with E-state index in [9.17, 15) is 0 Å². The first-order valence-corrected chi connectivity index (χ1v) is 9.36. The average Bonchev–Trinajstić information content (AvgIpc) is 2.52. The maximum absolute atomic E-state index is 6.23. The predicted molar refractivity (Wildman–Crippen MR) is 100 cm³/mol. The molecule has 0 saturated carbocycles. The molecule has 126 valence electrons. The minimum atomic E-state index is 0.938. The van der Waals surface area contributed by atoms with E-state index in [-0.39, 0.29) is 0 Å². The van der Waals surface area contributed by atoms with Crippen LogP contribution in [-0.2, 0) is 12.8 Å². The van der Waals surface area contributed by atoms with Crippen LogP contribution in [0.4, 0.5) is 11.4 Å². The summed E-state index contributed by atoms with van der Waals surface area (Å²) < 4.78 is 0. The van der Waals surface area contributed by atoms with E-state index in [0.29, 0.717) is 0 Å². The highest BCUT2D eigenvalue weighted by atomic mass is 14.6. The molecule has 0 fully saturated rings. The second-order valence-corrected chi connectivity index (χ2v) is 6.53. The molecule has 0 unspecified atom stereocenters. The molecule has 1 aromatic carbocycles. The highest BCUT2D eigenvalue weighted by Crippen LogP contribution is 2.27. The molecule has 1 aromatic rings. The Morgan fingerprint density at radius 3 is 1.32 bits per heavy atom. The minimum Gasteiger partial charge on any atom is -0.398 e. The van der Waals surface area contributed by atoms with Gasteiger partial charge in [-0.2, -0.15) is 0 Å². The van der Waals surface area contributed by atoms with Crippen LogP contribution in [0.25, 0.3) is 0 Å². The van der Waals surface area contributed by atoms with Crippen molar-refractivity contribution in [2.45, 2.75) is 90.9 Å². The van der Waals surface area contributed by atoms with E-state index in [1.54, 1.807) is 0 Å². The van der Waals surface area contributed by atoms with Crippen LogP contribution in [-0.4, -0.2) is 0 Å². The van der Waals surface area contributed by atoms with E-state index in [0.717, 1.165) is 24.2 Å². The molecular formula is C20H36N2. The number of unbranched alkanes of at least 4 members (excludes halogenated alkanes) is 8. The Kier molecular flexibility index (Phi) is 9.77. The first kappa shape index (κ1) is 18.9. The van der Waals surface area contributed by atoms with E-state index < -0.39 is 0 Å². The van der Waals surface area contributed by atoms with Gasteiger partial charge in [-0.3, -0.25) is 0 Å². The summed E-state index contributed by atoms with van der Waals surface area (Å²) in [6.07, 6.45) is 15.2. The van der Waals surface area contributed by atoms with Gasteiger partial charge in [-0.05, 0) is 48.9 Å². The quantitative estimate of drug-likeness (QED) is 0.374. The number of benzene rings is 1. The fraction of sp³-hybridized carbons (Fsp3) is 0.700. The molecule has 0 saturated heterocycles. The number of anilines is 2. The van der Waals surface area contributed by atoms with Crippen molar-refractivity contribution in [2.24, 2.45) is 0 Å². The zero-order valence-corrected chi connectivity index (χ0v) is 14.8. The van der Waals surface area contributed by atoms with Gasteiger partial charge in [0.1, 0.15) is 0 Å². The summed E-state index contributed by atoms with van der Waals surface area (Å²) in [6.45, 7) is 4.51. The summed E-state index contributed by atoms with van der Waals surface area (Å²) >= 11 is 0. The maximum atomic E-state index is 6.23. The lowest BCUT2D eigenvalue weighted by Crippen LogP contribution is -2.05. The highest BCUT2D eigenvalue weighted by Gasteiger charge is 2.10. The molecule has 0 atom stereocenters. The van der Waals surface area contributed by atoms with Crippen LogP contribution >= 0.6 is 0 Å². The molecule has 1 rings (SSSR count). The monoisotopic (exact) mass is 304 g/mol. The standard InChI is InChI=1S/C20H36N2/c1-3-5-7-9-11-13-17-18(14-12-10-8-6-4-2)20(22)16-15-19(17)21/h15-16H,3-14,21-22H2,1-2H3. The van der Waals surface area contributed by atoms with Gasteiger partial charge in [0.25, 0.3) is 0 Å². The first-order valence-electron chi connectivity index (χ1n) is 9.36. The Hall–Kier alpha value is -1.18. The Labute approximate surface area is 137 Å². The van der Waals surface area contributed by atoms with E-state index >= 15 is 0 Å². The lowest BCUT2D eigenvalue weighted by atomic mass is 9.93. The molecule has 0 aromatic heterocycles. The summed E-state index contributed by atoms with van der Waals surface area (Å²) in [4.78, 5) is 0. The van der Waals surface area contributed by atoms with Crippen LogP contribution in [0.3, 0.4) is 0 Å². The number of nitrogen functional groups attached to an aromatic ring is 2. The summed E-state index contributed by atoms with van der Waals surface area (Å²) in [6, 6.07) is 3.97. The molecule has 0 amide bonds. The van der Waals surface area contributed by atoms with E-state index in [1.165, 1.54) is 75.3 Å². The van der Waals surface area contributed by atoms with Crippen LogP contribution in [0.1, 0.15) is 89.2 Å². The topological polar surface area (TPSA) is 52.0 Å². The van der Waals surface area contributed by atoms with Crippen molar-refractivity contribution in [1.82, 2.24) is 0 Å². The Bertz CT molecular complexity index is 373. The number of nitrogens with two attached hydrogens (primary N) is 2. The molecule has 2 heteroatoms. The summed E-state index contributed by atoms with van der Waals surface area (Å²) in [5.74, 6) is 0. The SMILES string of the molecule is CCCCCCCc1c(N)ccc(N)c1CCCCCCC. The normalized spacial score (nSPS) is 11.0. The van der Waals surface area contributed by atoms with E-state index in [2.05, 4.69) is 13.8 Å². The zero-order chi connectivity index (χ0) is 16.2. The van der Waals surface area contributed by atoms with Gasteiger partial charge in [0.15, 0.2) is 0 Å². The van der Waals surface area contributed by atoms with Gasteiger partial charge in [0.2, 0.25) is 0 Å². The zero-order valence-electron chi connectivity index (χ0n) is 14.8. The minimum absolute atomic E-state index is 0.938. The fourth-order valence-electron chi connectivity index (χ4n) is 3.13. The molecule has 0 aliphatic rings. The summed E-state index contributed by atoms with van der Waals surface area (Å²) in [5.41, 5.74) is 17.0. The van der Waals surface area contributed by atoms with Crippen molar-refractivity contribution in [3.8, 4) is 0 Å². The van der Waals surface area contributed by atoms with Gasteiger partial charge < -0.3 is 11.5 Å². The number of hydrogen-bond acceptors (Lipinski definition) is 2. The van der Waals surface area contributed by atoms with Crippen LogP contribution in [0.5, 0.6) is 0 Å². The van der Waals surface area contributed by atoms with Crippen molar-refractivity contribution >= 4 is 11.4 Å². The Balaban J connectivity index is 2.55. The highest BCUT2D eigenvalue weighted by molar-refractivity contribution is 5.62. The third-order valence-electron chi connectivity index (χ3n) is 4.56. The lowest BCUT2D eigenvalue weighted by molar-refractivity contribution is 0.621. The molecule has 0 spiro atoms. The molecular weight excluding hydrogens is 268 g/mol. The predicted octanol–water partition coefficient (Wildman–Crippen LogP) is 5.88. The second-order valence-electron chi connectivity index (χ2n) is 6.53. The van der Waals surface area contributed by atoms with Crippen molar-refractivity contribution < 1.29 is 0 Å². The third-order valence-corrected chi connectivity index (χ3v) is 4.56. The molecule has 0 bridgehead atoms. The third kappa shape index (κ3) is 6.72. The lowest BCUT2D eigenvalue weighted by Gasteiger charge is -2.15. The van der Waals surface area contributed by atoms with Crippen molar-refractivity contribution in [2.75, 3.05) is 11.5 Å². The summed E-state index contributed by atoms with van der Waals surface area (Å²) in [5, 5.41) is 0. The summed E-state index contributed by atoms with van der Waals surface area (Å²) in [7, 11) is 0. The Morgan fingerprint density at radius 2 is 0.955 bits per heavy atom. The first-order chi connectivity index (χ1) is 10.7. The van der Waals surface area contributed by atoms with Crippen molar-refractivity contribution in [3.63, 3.8) is 0 Å². The van der Waals surface area contributed by atoms with E-state index in [4.69, 9.17) is 11.5 Å². The van der Waals surface area contributed by atoms with Gasteiger partial charge in [-0.25, -0.2) is 0 Å². The molecule has 2 nitrogen and oxygen atoms in total. The number of rotatable bonds is 12. The Morgan fingerprint density at radius 1 is 0.591 bits per heavy atom. The average molecular weight is 305 g/mol. The van der Waals surface area contributed by atoms with Crippen LogP contribution in [0, 0.1) is 0 Å². The van der Waals surface area contributed by atoms with Gasteiger partial charge in [-0.1, -0.05) is 65.2 Å². The smallest absolute Gasteiger partial charge is 0.0350 e.